The number of aliphatic carboxylic acids is 1. The number of pyridine rings is 1. The Labute approximate surface area is 104 Å². The molecule has 1 atom stereocenters. The van der Waals surface area contributed by atoms with Crippen molar-refractivity contribution in [1.29, 1.82) is 0 Å². The highest BCUT2D eigenvalue weighted by atomic mass is 16.4. The minimum Gasteiger partial charge on any atom is -0.481 e. The molecule has 6 nitrogen and oxygen atoms in total. The van der Waals surface area contributed by atoms with Gasteiger partial charge in [0.05, 0.1) is 18.2 Å². The van der Waals surface area contributed by atoms with Crippen molar-refractivity contribution in [2.75, 3.05) is 0 Å². The fraction of sp³-hybridized carbons (Fsp3) is 0.250. The van der Waals surface area contributed by atoms with Gasteiger partial charge in [-0.15, -0.1) is 0 Å². The summed E-state index contributed by atoms with van der Waals surface area (Å²) in [6.45, 7) is 1.87. The van der Waals surface area contributed by atoms with Gasteiger partial charge in [0.15, 0.2) is 0 Å². The molecule has 0 saturated heterocycles. The zero-order chi connectivity index (χ0) is 13.1. The molecule has 2 aromatic heterocycles. The summed E-state index contributed by atoms with van der Waals surface area (Å²) in [5, 5.41) is 8.71. The number of imidazole rings is 1. The summed E-state index contributed by atoms with van der Waals surface area (Å²) >= 11 is 0. The third kappa shape index (κ3) is 2.54. The summed E-state index contributed by atoms with van der Waals surface area (Å²) in [5.41, 5.74) is 8.32. The predicted octanol–water partition coefficient (Wildman–Crippen LogP) is 1.25. The summed E-state index contributed by atoms with van der Waals surface area (Å²) in [5.74, 6) is -0.455. The first-order chi connectivity index (χ1) is 8.58. The third-order valence-electron chi connectivity index (χ3n) is 2.60. The van der Waals surface area contributed by atoms with Crippen molar-refractivity contribution in [2.24, 2.45) is 5.73 Å². The van der Waals surface area contributed by atoms with Crippen molar-refractivity contribution < 1.29 is 9.90 Å². The van der Waals surface area contributed by atoms with Gasteiger partial charge in [0.1, 0.15) is 5.82 Å². The van der Waals surface area contributed by atoms with Crippen LogP contribution in [0.5, 0.6) is 0 Å². The second kappa shape index (κ2) is 4.97. The standard InChI is InChI=1S/C12H14N4O2/c1-7-11(8-2-4-14-5-3-8)16-12(15-7)9(13)6-10(17)18/h2-5,9H,6,13H2,1H3,(H,15,16)(H,17,18). The van der Waals surface area contributed by atoms with Crippen LogP contribution in [-0.2, 0) is 4.79 Å². The van der Waals surface area contributed by atoms with Gasteiger partial charge in [-0.2, -0.15) is 0 Å². The predicted molar refractivity (Wildman–Crippen MR) is 65.7 cm³/mol. The molecule has 6 heteroatoms. The first-order valence-electron chi connectivity index (χ1n) is 5.52. The number of carbonyl (C=O) groups is 1. The van der Waals surface area contributed by atoms with E-state index >= 15 is 0 Å². The first kappa shape index (κ1) is 12.3. The van der Waals surface area contributed by atoms with Crippen molar-refractivity contribution in [3.63, 3.8) is 0 Å². The fourth-order valence-corrected chi connectivity index (χ4v) is 1.73. The molecule has 0 aromatic carbocycles. The Morgan fingerprint density at radius 3 is 2.78 bits per heavy atom. The van der Waals surface area contributed by atoms with Crippen LogP contribution in [0.15, 0.2) is 24.5 Å². The number of aromatic amines is 1. The van der Waals surface area contributed by atoms with E-state index in [4.69, 9.17) is 10.8 Å². The number of hydrogen-bond acceptors (Lipinski definition) is 4. The van der Waals surface area contributed by atoms with Gasteiger partial charge in [-0.1, -0.05) is 0 Å². The van der Waals surface area contributed by atoms with Crippen LogP contribution in [0.1, 0.15) is 24.0 Å². The molecule has 0 amide bonds. The highest BCUT2D eigenvalue weighted by Gasteiger charge is 2.16. The lowest BCUT2D eigenvalue weighted by atomic mass is 10.2. The van der Waals surface area contributed by atoms with E-state index in [0.29, 0.717) is 5.82 Å². The molecule has 18 heavy (non-hydrogen) atoms. The monoisotopic (exact) mass is 246 g/mol. The smallest absolute Gasteiger partial charge is 0.305 e. The van der Waals surface area contributed by atoms with Crippen molar-refractivity contribution >= 4 is 5.97 Å². The van der Waals surface area contributed by atoms with E-state index in [1.165, 1.54) is 0 Å². The Balaban J connectivity index is 2.30. The number of nitrogens with zero attached hydrogens (tertiary/aromatic N) is 2. The second-order valence-electron chi connectivity index (χ2n) is 4.04. The lowest BCUT2D eigenvalue weighted by Gasteiger charge is -2.03. The summed E-state index contributed by atoms with van der Waals surface area (Å²) < 4.78 is 0. The Bertz CT molecular complexity index is 550. The molecular formula is C12H14N4O2. The minimum absolute atomic E-state index is 0.150. The number of rotatable bonds is 4. The molecule has 94 valence electrons. The first-order valence-corrected chi connectivity index (χ1v) is 5.52. The van der Waals surface area contributed by atoms with Crippen molar-refractivity contribution in [1.82, 2.24) is 15.0 Å². The fourth-order valence-electron chi connectivity index (χ4n) is 1.73. The molecule has 2 heterocycles. The number of H-pyrrole nitrogens is 1. The molecule has 0 aliphatic heterocycles. The van der Waals surface area contributed by atoms with Crippen LogP contribution in [0, 0.1) is 6.92 Å². The van der Waals surface area contributed by atoms with Crippen molar-refractivity contribution in [2.45, 2.75) is 19.4 Å². The number of hydrogen-bond donors (Lipinski definition) is 3. The van der Waals surface area contributed by atoms with E-state index in [2.05, 4.69) is 15.0 Å². The summed E-state index contributed by atoms with van der Waals surface area (Å²) in [6, 6.07) is 3.06. The van der Waals surface area contributed by atoms with E-state index in [0.717, 1.165) is 17.0 Å². The number of aryl methyl sites for hydroxylation is 1. The zero-order valence-electron chi connectivity index (χ0n) is 9.92. The lowest BCUT2D eigenvalue weighted by Crippen LogP contribution is -2.16. The molecule has 2 rings (SSSR count). The van der Waals surface area contributed by atoms with Crippen LogP contribution in [0.2, 0.25) is 0 Å². The number of carboxylic acids is 1. The highest BCUT2D eigenvalue weighted by Crippen LogP contribution is 2.22. The molecule has 0 saturated carbocycles. The van der Waals surface area contributed by atoms with Gasteiger partial charge in [-0.05, 0) is 19.1 Å². The normalized spacial score (nSPS) is 12.3. The van der Waals surface area contributed by atoms with E-state index in [-0.39, 0.29) is 6.42 Å². The van der Waals surface area contributed by atoms with Crippen LogP contribution in [0.25, 0.3) is 11.3 Å². The van der Waals surface area contributed by atoms with Crippen LogP contribution in [-0.4, -0.2) is 26.0 Å². The van der Waals surface area contributed by atoms with Crippen LogP contribution < -0.4 is 5.73 Å². The van der Waals surface area contributed by atoms with Crippen molar-refractivity contribution in [3.8, 4) is 11.3 Å². The summed E-state index contributed by atoms with van der Waals surface area (Å²) in [7, 11) is 0. The maximum atomic E-state index is 10.6. The third-order valence-corrected chi connectivity index (χ3v) is 2.60. The molecule has 0 radical (unpaired) electrons. The quantitative estimate of drug-likeness (QED) is 0.753. The minimum atomic E-state index is -0.943. The molecule has 0 spiro atoms. The Hall–Kier alpha value is -2.21. The van der Waals surface area contributed by atoms with E-state index in [1.807, 2.05) is 19.1 Å². The van der Waals surface area contributed by atoms with Crippen molar-refractivity contribution in [3.05, 3.63) is 36.0 Å². The Morgan fingerprint density at radius 1 is 1.50 bits per heavy atom. The van der Waals surface area contributed by atoms with Gasteiger partial charge in [-0.3, -0.25) is 9.78 Å². The molecule has 0 fully saturated rings. The van der Waals surface area contributed by atoms with Gasteiger partial charge in [0.25, 0.3) is 0 Å². The van der Waals surface area contributed by atoms with Gasteiger partial charge in [-0.25, -0.2) is 4.98 Å². The maximum Gasteiger partial charge on any atom is 0.305 e. The summed E-state index contributed by atoms with van der Waals surface area (Å²) in [4.78, 5) is 21.9. The zero-order valence-corrected chi connectivity index (χ0v) is 9.92. The molecule has 0 bridgehead atoms. The Kier molecular flexibility index (Phi) is 3.38. The average Bonchev–Trinajstić information content (AvgIpc) is 2.72. The number of aromatic nitrogens is 3. The van der Waals surface area contributed by atoms with E-state index in [1.54, 1.807) is 12.4 Å². The highest BCUT2D eigenvalue weighted by molar-refractivity contribution is 5.68. The lowest BCUT2D eigenvalue weighted by molar-refractivity contribution is -0.137. The molecular weight excluding hydrogens is 232 g/mol. The molecule has 2 aromatic rings. The average molecular weight is 246 g/mol. The van der Waals surface area contributed by atoms with E-state index < -0.39 is 12.0 Å². The largest absolute Gasteiger partial charge is 0.481 e. The van der Waals surface area contributed by atoms with Crippen LogP contribution >= 0.6 is 0 Å². The van der Waals surface area contributed by atoms with Crippen LogP contribution in [0.4, 0.5) is 0 Å². The molecule has 0 aliphatic carbocycles. The van der Waals surface area contributed by atoms with Gasteiger partial charge < -0.3 is 15.8 Å². The maximum absolute atomic E-state index is 10.6. The molecule has 4 N–H and O–H groups in total. The molecule has 0 aliphatic rings. The second-order valence-corrected chi connectivity index (χ2v) is 4.04. The van der Waals surface area contributed by atoms with Gasteiger partial charge >= 0.3 is 5.97 Å². The van der Waals surface area contributed by atoms with Crippen LogP contribution in [0.3, 0.4) is 0 Å². The number of nitrogens with one attached hydrogen (secondary N) is 1. The summed E-state index contributed by atoms with van der Waals surface area (Å²) in [6.07, 6.45) is 3.21. The van der Waals surface area contributed by atoms with Gasteiger partial charge in [0, 0.05) is 23.7 Å². The SMILES string of the molecule is Cc1[nH]c(C(N)CC(=O)O)nc1-c1ccncc1. The van der Waals surface area contributed by atoms with Gasteiger partial charge in [0.2, 0.25) is 0 Å². The molecule has 1 unspecified atom stereocenters. The Morgan fingerprint density at radius 2 is 2.17 bits per heavy atom. The number of nitrogens with two attached hydrogens (primary N) is 1. The van der Waals surface area contributed by atoms with E-state index in [9.17, 15) is 4.79 Å². The topological polar surface area (TPSA) is 105 Å². The number of carboxylic acid groups (broad SMARTS) is 1.